The SMILES string of the molecule is CC(=O)CC(=O)NC1(CO)CC1. The van der Waals surface area contributed by atoms with E-state index in [-0.39, 0.29) is 24.7 Å². The molecule has 0 aromatic rings. The van der Waals surface area contributed by atoms with Crippen molar-refractivity contribution in [3.8, 4) is 0 Å². The van der Waals surface area contributed by atoms with Gasteiger partial charge in [-0.25, -0.2) is 0 Å². The second kappa shape index (κ2) is 3.23. The fraction of sp³-hybridized carbons (Fsp3) is 0.750. The van der Waals surface area contributed by atoms with Crippen molar-refractivity contribution < 1.29 is 14.7 Å². The maximum Gasteiger partial charge on any atom is 0.227 e. The van der Waals surface area contributed by atoms with Gasteiger partial charge in [0.1, 0.15) is 5.78 Å². The molecule has 0 atom stereocenters. The normalized spacial score (nSPS) is 18.5. The third-order valence-electron chi connectivity index (χ3n) is 1.97. The Morgan fingerprint density at radius 1 is 1.50 bits per heavy atom. The first-order chi connectivity index (χ1) is 5.58. The van der Waals surface area contributed by atoms with Crippen LogP contribution in [0.4, 0.5) is 0 Å². The molecule has 0 heterocycles. The second-order valence-corrected chi connectivity index (χ2v) is 3.37. The summed E-state index contributed by atoms with van der Waals surface area (Å²) in [6, 6.07) is 0. The number of amides is 1. The molecule has 12 heavy (non-hydrogen) atoms. The number of carbonyl (C=O) groups is 2. The Morgan fingerprint density at radius 2 is 2.08 bits per heavy atom. The van der Waals surface area contributed by atoms with Gasteiger partial charge in [-0.15, -0.1) is 0 Å². The van der Waals surface area contributed by atoms with E-state index in [0.29, 0.717) is 0 Å². The van der Waals surface area contributed by atoms with Crippen LogP contribution in [0.1, 0.15) is 26.2 Å². The highest BCUT2D eigenvalue weighted by Crippen LogP contribution is 2.34. The smallest absolute Gasteiger partial charge is 0.227 e. The monoisotopic (exact) mass is 171 g/mol. The van der Waals surface area contributed by atoms with Crippen molar-refractivity contribution >= 4 is 11.7 Å². The van der Waals surface area contributed by atoms with Gasteiger partial charge in [0.15, 0.2) is 0 Å². The zero-order valence-electron chi connectivity index (χ0n) is 7.09. The number of ketones is 1. The minimum absolute atomic E-state index is 0.0311. The Kier molecular flexibility index (Phi) is 2.47. The minimum atomic E-state index is -0.396. The summed E-state index contributed by atoms with van der Waals surface area (Å²) in [5, 5.41) is 11.5. The summed E-state index contributed by atoms with van der Waals surface area (Å²) in [6.07, 6.45) is 1.54. The Balaban J connectivity index is 2.31. The van der Waals surface area contributed by atoms with Crippen molar-refractivity contribution in [3.63, 3.8) is 0 Å². The van der Waals surface area contributed by atoms with Gasteiger partial charge >= 0.3 is 0 Å². The Labute approximate surface area is 71.0 Å². The molecule has 1 aliphatic rings. The van der Waals surface area contributed by atoms with Crippen molar-refractivity contribution in [2.45, 2.75) is 31.7 Å². The molecule has 2 N–H and O–H groups in total. The standard InChI is InChI=1S/C8H13NO3/c1-6(11)4-7(12)9-8(5-10)2-3-8/h10H,2-5H2,1H3,(H,9,12). The summed E-state index contributed by atoms with van der Waals surface area (Å²) >= 11 is 0. The van der Waals surface area contributed by atoms with E-state index in [4.69, 9.17) is 5.11 Å². The highest BCUT2D eigenvalue weighted by molar-refractivity contribution is 5.97. The fourth-order valence-electron chi connectivity index (χ4n) is 1.04. The van der Waals surface area contributed by atoms with Gasteiger partial charge in [0.2, 0.25) is 5.91 Å². The van der Waals surface area contributed by atoms with E-state index in [2.05, 4.69) is 5.32 Å². The van der Waals surface area contributed by atoms with Crippen LogP contribution in [-0.4, -0.2) is 28.9 Å². The van der Waals surface area contributed by atoms with Gasteiger partial charge in [-0.05, 0) is 19.8 Å². The van der Waals surface area contributed by atoms with Crippen LogP contribution in [0.15, 0.2) is 0 Å². The molecule has 0 aliphatic heterocycles. The Hall–Kier alpha value is -0.900. The van der Waals surface area contributed by atoms with Gasteiger partial charge in [-0.3, -0.25) is 9.59 Å². The largest absolute Gasteiger partial charge is 0.394 e. The lowest BCUT2D eigenvalue weighted by atomic mass is 10.2. The Bertz CT molecular complexity index is 208. The van der Waals surface area contributed by atoms with Crippen LogP contribution in [-0.2, 0) is 9.59 Å². The lowest BCUT2D eigenvalue weighted by molar-refractivity contribution is -0.128. The average molecular weight is 171 g/mol. The summed E-state index contributed by atoms with van der Waals surface area (Å²) in [4.78, 5) is 21.6. The number of nitrogens with one attached hydrogen (secondary N) is 1. The molecule has 0 radical (unpaired) electrons. The molecule has 1 saturated carbocycles. The highest BCUT2D eigenvalue weighted by atomic mass is 16.3. The van der Waals surface area contributed by atoms with Crippen molar-refractivity contribution in [3.05, 3.63) is 0 Å². The predicted molar refractivity (Wildman–Crippen MR) is 42.5 cm³/mol. The van der Waals surface area contributed by atoms with Crippen LogP contribution in [0.25, 0.3) is 0 Å². The van der Waals surface area contributed by atoms with E-state index < -0.39 is 5.54 Å². The highest BCUT2D eigenvalue weighted by Gasteiger charge is 2.43. The van der Waals surface area contributed by atoms with E-state index in [1.54, 1.807) is 0 Å². The van der Waals surface area contributed by atoms with Crippen LogP contribution in [0.5, 0.6) is 0 Å². The van der Waals surface area contributed by atoms with Crippen LogP contribution in [0, 0.1) is 0 Å². The maximum atomic E-state index is 11.0. The van der Waals surface area contributed by atoms with Gasteiger partial charge in [0.25, 0.3) is 0 Å². The summed E-state index contributed by atoms with van der Waals surface area (Å²) < 4.78 is 0. The summed E-state index contributed by atoms with van der Waals surface area (Å²) in [5.74, 6) is -0.435. The molecular weight excluding hydrogens is 158 g/mol. The van der Waals surface area contributed by atoms with Crippen LogP contribution < -0.4 is 5.32 Å². The number of Topliss-reactive ketones (excluding diaryl/α,β-unsaturated/α-hetero) is 1. The molecule has 1 amide bonds. The minimum Gasteiger partial charge on any atom is -0.394 e. The molecule has 0 aromatic heterocycles. The molecule has 0 unspecified atom stereocenters. The molecule has 0 spiro atoms. The van der Waals surface area contributed by atoms with Gasteiger partial charge in [0, 0.05) is 0 Å². The number of aliphatic hydroxyl groups is 1. The molecule has 0 bridgehead atoms. The molecule has 0 aromatic carbocycles. The topological polar surface area (TPSA) is 66.4 Å². The molecule has 1 aliphatic carbocycles. The fourth-order valence-corrected chi connectivity index (χ4v) is 1.04. The first-order valence-electron chi connectivity index (χ1n) is 3.99. The molecule has 4 nitrogen and oxygen atoms in total. The third kappa shape index (κ3) is 2.30. The molecule has 1 fully saturated rings. The van der Waals surface area contributed by atoms with E-state index in [0.717, 1.165) is 12.8 Å². The van der Waals surface area contributed by atoms with Crippen LogP contribution >= 0.6 is 0 Å². The second-order valence-electron chi connectivity index (χ2n) is 3.37. The maximum absolute atomic E-state index is 11.0. The van der Waals surface area contributed by atoms with Crippen molar-refractivity contribution in [2.24, 2.45) is 0 Å². The third-order valence-corrected chi connectivity index (χ3v) is 1.97. The molecule has 0 saturated heterocycles. The lowest BCUT2D eigenvalue weighted by Gasteiger charge is -2.12. The number of hydrogen-bond acceptors (Lipinski definition) is 3. The number of carbonyl (C=O) groups excluding carboxylic acids is 2. The van der Waals surface area contributed by atoms with Crippen LogP contribution in [0.3, 0.4) is 0 Å². The molecule has 68 valence electrons. The predicted octanol–water partition coefficient (Wildman–Crippen LogP) is -0.393. The zero-order valence-corrected chi connectivity index (χ0v) is 7.09. The summed E-state index contributed by atoms with van der Waals surface area (Å²) in [5.41, 5.74) is -0.396. The van der Waals surface area contributed by atoms with E-state index in [1.165, 1.54) is 6.92 Å². The van der Waals surface area contributed by atoms with Crippen molar-refractivity contribution in [2.75, 3.05) is 6.61 Å². The first-order valence-corrected chi connectivity index (χ1v) is 3.99. The summed E-state index contributed by atoms with van der Waals surface area (Å²) in [7, 11) is 0. The molecule has 4 heteroatoms. The summed E-state index contributed by atoms with van der Waals surface area (Å²) in [6.45, 7) is 1.34. The molecular formula is C8H13NO3. The van der Waals surface area contributed by atoms with Gasteiger partial charge in [-0.2, -0.15) is 0 Å². The average Bonchev–Trinajstić information content (AvgIpc) is 2.67. The van der Waals surface area contributed by atoms with Gasteiger partial charge < -0.3 is 10.4 Å². The number of aliphatic hydroxyl groups excluding tert-OH is 1. The van der Waals surface area contributed by atoms with E-state index in [1.807, 2.05) is 0 Å². The van der Waals surface area contributed by atoms with E-state index in [9.17, 15) is 9.59 Å². The zero-order chi connectivity index (χ0) is 9.19. The number of rotatable bonds is 4. The Morgan fingerprint density at radius 3 is 2.42 bits per heavy atom. The van der Waals surface area contributed by atoms with Crippen molar-refractivity contribution in [1.82, 2.24) is 5.32 Å². The van der Waals surface area contributed by atoms with Crippen molar-refractivity contribution in [1.29, 1.82) is 0 Å². The quantitative estimate of drug-likeness (QED) is 0.566. The van der Waals surface area contributed by atoms with Crippen LogP contribution in [0.2, 0.25) is 0 Å². The first kappa shape index (κ1) is 9.19. The lowest BCUT2D eigenvalue weighted by Crippen LogP contribution is -2.40. The van der Waals surface area contributed by atoms with Gasteiger partial charge in [0.05, 0.1) is 18.6 Å². The van der Waals surface area contributed by atoms with E-state index >= 15 is 0 Å². The number of hydrogen-bond donors (Lipinski definition) is 2. The molecule has 1 rings (SSSR count). The van der Waals surface area contributed by atoms with Gasteiger partial charge in [-0.1, -0.05) is 0 Å².